The average molecular weight is 278 g/mol. The van der Waals surface area contributed by atoms with Crippen LogP contribution < -0.4 is 5.32 Å². The zero-order chi connectivity index (χ0) is 13.7. The molecule has 0 atom stereocenters. The van der Waals surface area contributed by atoms with Crippen molar-refractivity contribution in [3.63, 3.8) is 0 Å². The maximum Gasteiger partial charge on any atom is 0.142 e. The summed E-state index contributed by atoms with van der Waals surface area (Å²) in [5.41, 5.74) is 3.53. The molecule has 1 N–H and O–H groups in total. The van der Waals surface area contributed by atoms with Gasteiger partial charge in [0.1, 0.15) is 5.82 Å². The number of aryl methyl sites for hydroxylation is 1. The molecular formula is C16H17ClFN. The molecule has 100 valence electrons. The van der Waals surface area contributed by atoms with Crippen LogP contribution in [0.4, 0.5) is 4.39 Å². The van der Waals surface area contributed by atoms with E-state index in [1.54, 1.807) is 6.07 Å². The van der Waals surface area contributed by atoms with Crippen molar-refractivity contribution in [3.8, 4) is 0 Å². The standard InChI is InChI=1S/C16H17ClFN/c1-2-13-5-3-4-6-14(13)11-19-10-12-7-8-15(17)16(18)9-12/h3-9,19H,2,10-11H2,1H3. The highest BCUT2D eigenvalue weighted by Gasteiger charge is 2.02. The topological polar surface area (TPSA) is 12.0 Å². The van der Waals surface area contributed by atoms with Gasteiger partial charge in [0.2, 0.25) is 0 Å². The molecule has 0 amide bonds. The summed E-state index contributed by atoms with van der Waals surface area (Å²) in [6.45, 7) is 3.56. The van der Waals surface area contributed by atoms with E-state index in [-0.39, 0.29) is 10.8 Å². The van der Waals surface area contributed by atoms with Gasteiger partial charge in [-0.05, 0) is 35.2 Å². The molecule has 0 saturated heterocycles. The van der Waals surface area contributed by atoms with Gasteiger partial charge in [0.15, 0.2) is 0 Å². The van der Waals surface area contributed by atoms with Crippen molar-refractivity contribution in [1.82, 2.24) is 5.32 Å². The van der Waals surface area contributed by atoms with Gasteiger partial charge in [0, 0.05) is 13.1 Å². The number of rotatable bonds is 5. The van der Waals surface area contributed by atoms with Gasteiger partial charge < -0.3 is 5.32 Å². The van der Waals surface area contributed by atoms with E-state index in [4.69, 9.17) is 11.6 Å². The maximum absolute atomic E-state index is 13.3. The van der Waals surface area contributed by atoms with Crippen molar-refractivity contribution < 1.29 is 4.39 Å². The first-order chi connectivity index (χ1) is 9.20. The van der Waals surface area contributed by atoms with Gasteiger partial charge in [0.25, 0.3) is 0 Å². The zero-order valence-corrected chi connectivity index (χ0v) is 11.7. The van der Waals surface area contributed by atoms with Crippen LogP contribution in [0.3, 0.4) is 0 Å². The minimum absolute atomic E-state index is 0.167. The maximum atomic E-state index is 13.3. The third-order valence-electron chi connectivity index (χ3n) is 3.13. The molecule has 0 aliphatic heterocycles. The molecule has 0 saturated carbocycles. The lowest BCUT2D eigenvalue weighted by Crippen LogP contribution is -2.14. The molecule has 0 fully saturated rings. The molecule has 0 aliphatic carbocycles. The highest BCUT2D eigenvalue weighted by Crippen LogP contribution is 2.15. The first-order valence-corrected chi connectivity index (χ1v) is 6.80. The highest BCUT2D eigenvalue weighted by atomic mass is 35.5. The Morgan fingerprint density at radius 1 is 1.05 bits per heavy atom. The van der Waals surface area contributed by atoms with E-state index < -0.39 is 0 Å². The van der Waals surface area contributed by atoms with E-state index >= 15 is 0 Å². The smallest absolute Gasteiger partial charge is 0.142 e. The second kappa shape index (κ2) is 6.69. The fourth-order valence-electron chi connectivity index (χ4n) is 2.07. The molecule has 0 aromatic heterocycles. The molecule has 3 heteroatoms. The molecule has 2 aromatic carbocycles. The monoisotopic (exact) mass is 277 g/mol. The van der Waals surface area contributed by atoms with Crippen LogP contribution in [0.1, 0.15) is 23.6 Å². The van der Waals surface area contributed by atoms with Gasteiger partial charge in [-0.3, -0.25) is 0 Å². The second-order valence-electron chi connectivity index (χ2n) is 4.47. The summed E-state index contributed by atoms with van der Waals surface area (Å²) < 4.78 is 13.3. The number of halogens is 2. The van der Waals surface area contributed by atoms with Crippen LogP contribution in [0.15, 0.2) is 42.5 Å². The van der Waals surface area contributed by atoms with Crippen molar-refractivity contribution in [1.29, 1.82) is 0 Å². The lowest BCUT2D eigenvalue weighted by molar-refractivity contribution is 0.620. The van der Waals surface area contributed by atoms with Gasteiger partial charge in [-0.1, -0.05) is 48.9 Å². The quantitative estimate of drug-likeness (QED) is 0.858. The Kier molecular flexibility index (Phi) is 4.94. The van der Waals surface area contributed by atoms with Crippen LogP contribution in [0.25, 0.3) is 0 Å². The lowest BCUT2D eigenvalue weighted by Gasteiger charge is -2.09. The fraction of sp³-hybridized carbons (Fsp3) is 0.250. The predicted molar refractivity (Wildman–Crippen MR) is 77.8 cm³/mol. The minimum Gasteiger partial charge on any atom is -0.309 e. The van der Waals surface area contributed by atoms with Crippen LogP contribution in [0, 0.1) is 5.82 Å². The molecule has 2 rings (SSSR count). The third kappa shape index (κ3) is 3.79. The summed E-state index contributed by atoms with van der Waals surface area (Å²) in [6.07, 6.45) is 1.02. The van der Waals surface area contributed by atoms with E-state index in [1.165, 1.54) is 17.2 Å². The molecule has 0 bridgehead atoms. The van der Waals surface area contributed by atoms with E-state index in [0.717, 1.165) is 18.5 Å². The summed E-state index contributed by atoms with van der Waals surface area (Å²) in [7, 11) is 0. The Morgan fingerprint density at radius 3 is 2.47 bits per heavy atom. The van der Waals surface area contributed by atoms with E-state index in [1.807, 2.05) is 12.1 Å². The first-order valence-electron chi connectivity index (χ1n) is 6.42. The van der Waals surface area contributed by atoms with E-state index in [0.29, 0.717) is 6.54 Å². The number of hydrogen-bond donors (Lipinski definition) is 1. The van der Waals surface area contributed by atoms with Gasteiger partial charge in [-0.2, -0.15) is 0 Å². The van der Waals surface area contributed by atoms with Crippen LogP contribution in [0.5, 0.6) is 0 Å². The summed E-state index contributed by atoms with van der Waals surface area (Å²) >= 11 is 5.65. The van der Waals surface area contributed by atoms with Crippen LogP contribution in [-0.4, -0.2) is 0 Å². The summed E-state index contributed by atoms with van der Waals surface area (Å²) in [6, 6.07) is 13.3. The SMILES string of the molecule is CCc1ccccc1CNCc1ccc(Cl)c(F)c1. The minimum atomic E-state index is -0.366. The largest absolute Gasteiger partial charge is 0.309 e. The van der Waals surface area contributed by atoms with Crippen LogP contribution in [-0.2, 0) is 19.5 Å². The van der Waals surface area contributed by atoms with Crippen molar-refractivity contribution in [2.45, 2.75) is 26.4 Å². The third-order valence-corrected chi connectivity index (χ3v) is 3.43. The molecule has 0 radical (unpaired) electrons. The van der Waals surface area contributed by atoms with E-state index in [9.17, 15) is 4.39 Å². The van der Waals surface area contributed by atoms with Gasteiger partial charge >= 0.3 is 0 Å². The van der Waals surface area contributed by atoms with Crippen molar-refractivity contribution in [2.75, 3.05) is 0 Å². The molecular weight excluding hydrogens is 261 g/mol. The molecule has 0 aliphatic rings. The van der Waals surface area contributed by atoms with E-state index in [2.05, 4.69) is 30.4 Å². The molecule has 0 heterocycles. The Hall–Kier alpha value is -1.38. The normalized spacial score (nSPS) is 10.7. The van der Waals surface area contributed by atoms with Gasteiger partial charge in [-0.15, -0.1) is 0 Å². The highest BCUT2D eigenvalue weighted by molar-refractivity contribution is 6.30. The molecule has 0 unspecified atom stereocenters. The summed E-state index contributed by atoms with van der Waals surface area (Å²) in [5.74, 6) is -0.366. The molecule has 2 aromatic rings. The predicted octanol–water partition coefficient (Wildman–Crippen LogP) is 4.33. The summed E-state index contributed by atoms with van der Waals surface area (Å²) in [4.78, 5) is 0. The van der Waals surface area contributed by atoms with Gasteiger partial charge in [-0.25, -0.2) is 4.39 Å². The first kappa shape index (κ1) is 14.0. The van der Waals surface area contributed by atoms with Gasteiger partial charge in [0.05, 0.1) is 5.02 Å². The van der Waals surface area contributed by atoms with Crippen LogP contribution >= 0.6 is 11.6 Å². The molecule has 0 spiro atoms. The molecule has 19 heavy (non-hydrogen) atoms. The fourth-order valence-corrected chi connectivity index (χ4v) is 2.18. The Labute approximate surface area is 118 Å². The van der Waals surface area contributed by atoms with Crippen LogP contribution in [0.2, 0.25) is 5.02 Å². The zero-order valence-electron chi connectivity index (χ0n) is 10.9. The van der Waals surface area contributed by atoms with Crippen molar-refractivity contribution in [3.05, 3.63) is 70.0 Å². The Morgan fingerprint density at radius 2 is 1.79 bits per heavy atom. The summed E-state index contributed by atoms with van der Waals surface area (Å²) in [5, 5.41) is 3.50. The van der Waals surface area contributed by atoms with Crippen molar-refractivity contribution in [2.24, 2.45) is 0 Å². The molecule has 1 nitrogen and oxygen atoms in total. The average Bonchev–Trinajstić information content (AvgIpc) is 2.43. The lowest BCUT2D eigenvalue weighted by atomic mass is 10.1. The number of hydrogen-bond acceptors (Lipinski definition) is 1. The van der Waals surface area contributed by atoms with Crippen molar-refractivity contribution >= 4 is 11.6 Å². The Bertz CT molecular complexity index is 554. The second-order valence-corrected chi connectivity index (χ2v) is 4.88. The number of nitrogens with one attached hydrogen (secondary N) is 1. The number of benzene rings is 2. The Balaban J connectivity index is 1.94.